The van der Waals surface area contributed by atoms with E-state index in [1.807, 2.05) is 11.8 Å². The lowest BCUT2D eigenvalue weighted by Gasteiger charge is -2.08. The van der Waals surface area contributed by atoms with Gasteiger partial charge in [0.2, 0.25) is 0 Å². The number of nitrogens with one attached hydrogen (secondary N) is 1. The molecule has 106 valence electrons. The zero-order chi connectivity index (χ0) is 13.1. The summed E-state index contributed by atoms with van der Waals surface area (Å²) in [6, 6.07) is 0. The number of ether oxygens (including phenoxy) is 2. The van der Waals surface area contributed by atoms with Crippen LogP contribution in [0.2, 0.25) is 0 Å². The second-order valence-electron chi connectivity index (χ2n) is 4.41. The van der Waals surface area contributed by atoms with Crippen molar-refractivity contribution in [1.82, 2.24) is 5.32 Å². The minimum Gasteiger partial charge on any atom is -0.382 e. The maximum Gasteiger partial charge on any atom is 0.156 e. The highest BCUT2D eigenvalue weighted by molar-refractivity contribution is 8.14. The van der Waals surface area contributed by atoms with Gasteiger partial charge in [0.05, 0.1) is 19.8 Å². The first-order valence-electron chi connectivity index (χ1n) is 6.88. The summed E-state index contributed by atoms with van der Waals surface area (Å²) in [5, 5.41) is 5.24. The molecule has 1 heterocycles. The third kappa shape index (κ3) is 7.24. The van der Waals surface area contributed by atoms with Crippen molar-refractivity contribution in [3.63, 3.8) is 0 Å². The lowest BCUT2D eigenvalue weighted by Crippen LogP contribution is -2.21. The highest BCUT2D eigenvalue weighted by Crippen LogP contribution is 2.23. The van der Waals surface area contributed by atoms with Gasteiger partial charge >= 0.3 is 0 Å². The second-order valence-corrected chi connectivity index (χ2v) is 5.70. The molecule has 1 N–H and O–H groups in total. The Labute approximate surface area is 115 Å². The van der Waals surface area contributed by atoms with Gasteiger partial charge in [0.25, 0.3) is 0 Å². The van der Waals surface area contributed by atoms with E-state index in [1.165, 1.54) is 12.8 Å². The molecule has 0 aromatic rings. The van der Waals surface area contributed by atoms with Crippen molar-refractivity contribution in [2.75, 3.05) is 40.0 Å². The fourth-order valence-corrected chi connectivity index (χ4v) is 2.91. The predicted octanol–water partition coefficient (Wildman–Crippen LogP) is 2.29. The minimum absolute atomic E-state index is 0.685. The van der Waals surface area contributed by atoms with Gasteiger partial charge < -0.3 is 14.8 Å². The second kappa shape index (κ2) is 10.6. The van der Waals surface area contributed by atoms with Crippen LogP contribution in [0.3, 0.4) is 0 Å². The molecule has 0 amide bonds. The molecule has 0 radical (unpaired) electrons. The lowest BCUT2D eigenvalue weighted by molar-refractivity contribution is 0.0689. The topological polar surface area (TPSA) is 42.9 Å². The Morgan fingerprint density at radius 1 is 1.33 bits per heavy atom. The summed E-state index contributed by atoms with van der Waals surface area (Å²) in [5.74, 6) is 0. The number of hydrogen-bond acceptors (Lipinski definition) is 5. The summed E-state index contributed by atoms with van der Waals surface area (Å²) in [7, 11) is 1.69. The van der Waals surface area contributed by atoms with Gasteiger partial charge in [-0.05, 0) is 19.3 Å². The van der Waals surface area contributed by atoms with Gasteiger partial charge in [-0.1, -0.05) is 25.1 Å². The summed E-state index contributed by atoms with van der Waals surface area (Å²) in [6.45, 7) is 6.42. The molecule has 4 nitrogen and oxygen atoms in total. The molecule has 1 unspecified atom stereocenters. The van der Waals surface area contributed by atoms with E-state index in [-0.39, 0.29) is 0 Å². The monoisotopic (exact) mass is 274 g/mol. The van der Waals surface area contributed by atoms with E-state index in [1.54, 1.807) is 7.11 Å². The van der Waals surface area contributed by atoms with E-state index in [4.69, 9.17) is 9.47 Å². The molecule has 0 fully saturated rings. The van der Waals surface area contributed by atoms with Gasteiger partial charge in [-0.25, -0.2) is 0 Å². The Balaban J connectivity index is 1.87. The Morgan fingerprint density at radius 3 is 3.00 bits per heavy atom. The summed E-state index contributed by atoms with van der Waals surface area (Å²) in [6.07, 6.45) is 4.74. The first kappa shape index (κ1) is 15.8. The van der Waals surface area contributed by atoms with Crippen LogP contribution < -0.4 is 5.32 Å². The molecule has 0 aromatic heterocycles. The smallest absolute Gasteiger partial charge is 0.156 e. The highest BCUT2D eigenvalue weighted by Gasteiger charge is 2.17. The van der Waals surface area contributed by atoms with E-state index >= 15 is 0 Å². The molecule has 1 aliphatic rings. The number of amidine groups is 1. The van der Waals surface area contributed by atoms with Crippen LogP contribution in [0.4, 0.5) is 0 Å². The van der Waals surface area contributed by atoms with E-state index in [2.05, 4.69) is 17.2 Å². The summed E-state index contributed by atoms with van der Waals surface area (Å²) in [5.41, 5.74) is 0. The zero-order valence-corrected chi connectivity index (χ0v) is 12.4. The van der Waals surface area contributed by atoms with E-state index in [0.717, 1.165) is 37.7 Å². The van der Waals surface area contributed by atoms with Crippen molar-refractivity contribution in [3.05, 3.63) is 0 Å². The third-order valence-electron chi connectivity index (χ3n) is 2.75. The van der Waals surface area contributed by atoms with Crippen molar-refractivity contribution in [2.45, 2.75) is 37.9 Å². The van der Waals surface area contributed by atoms with Gasteiger partial charge in [-0.2, -0.15) is 0 Å². The maximum atomic E-state index is 5.41. The highest BCUT2D eigenvalue weighted by atomic mass is 32.2. The molecule has 1 aliphatic heterocycles. The largest absolute Gasteiger partial charge is 0.382 e. The third-order valence-corrected chi connectivity index (χ3v) is 3.97. The van der Waals surface area contributed by atoms with Gasteiger partial charge in [0, 0.05) is 25.5 Å². The molecule has 0 aliphatic carbocycles. The van der Waals surface area contributed by atoms with Gasteiger partial charge in [0.1, 0.15) is 0 Å². The van der Waals surface area contributed by atoms with Crippen LogP contribution in [0, 0.1) is 0 Å². The SMILES string of the molecule is CCCC1CN=C(NCCCCOCCOC)S1. The van der Waals surface area contributed by atoms with E-state index < -0.39 is 0 Å². The van der Waals surface area contributed by atoms with Crippen molar-refractivity contribution < 1.29 is 9.47 Å². The average Bonchev–Trinajstić information content (AvgIpc) is 2.81. The molecule has 0 bridgehead atoms. The zero-order valence-electron chi connectivity index (χ0n) is 11.6. The Kier molecular flexibility index (Phi) is 9.34. The first-order valence-corrected chi connectivity index (χ1v) is 7.76. The normalized spacial score (nSPS) is 19.0. The first-order chi connectivity index (χ1) is 8.86. The molecule has 18 heavy (non-hydrogen) atoms. The van der Waals surface area contributed by atoms with Crippen LogP contribution in [0.15, 0.2) is 4.99 Å². The molecular formula is C13H26N2O2S. The molecule has 0 saturated carbocycles. The Morgan fingerprint density at radius 2 is 2.22 bits per heavy atom. The van der Waals surface area contributed by atoms with E-state index in [9.17, 15) is 0 Å². The van der Waals surface area contributed by atoms with Crippen molar-refractivity contribution in [2.24, 2.45) is 4.99 Å². The summed E-state index contributed by atoms with van der Waals surface area (Å²) >= 11 is 1.90. The molecule has 5 heteroatoms. The molecule has 0 saturated heterocycles. The standard InChI is InChI=1S/C13H26N2O2S/c1-3-6-12-11-15-13(18-12)14-7-4-5-8-17-10-9-16-2/h12H,3-11H2,1-2H3,(H,14,15). The lowest BCUT2D eigenvalue weighted by atomic mass is 10.2. The fourth-order valence-electron chi connectivity index (χ4n) is 1.76. The van der Waals surface area contributed by atoms with E-state index in [0.29, 0.717) is 18.5 Å². The molecule has 1 rings (SSSR count). The number of hydrogen-bond donors (Lipinski definition) is 1. The summed E-state index contributed by atoms with van der Waals surface area (Å²) < 4.78 is 10.3. The number of rotatable bonds is 10. The number of unbranched alkanes of at least 4 members (excludes halogenated alkanes) is 1. The molecule has 1 atom stereocenters. The minimum atomic E-state index is 0.685. The molecule has 0 spiro atoms. The molecule has 0 aromatic carbocycles. The predicted molar refractivity (Wildman–Crippen MR) is 78.5 cm³/mol. The van der Waals surface area contributed by atoms with Crippen molar-refractivity contribution in [1.29, 1.82) is 0 Å². The quantitative estimate of drug-likeness (QED) is 0.621. The summed E-state index contributed by atoms with van der Waals surface area (Å²) in [4.78, 5) is 4.51. The van der Waals surface area contributed by atoms with Crippen LogP contribution in [0.5, 0.6) is 0 Å². The van der Waals surface area contributed by atoms with Crippen LogP contribution in [0.25, 0.3) is 0 Å². The van der Waals surface area contributed by atoms with Crippen LogP contribution in [0.1, 0.15) is 32.6 Å². The van der Waals surface area contributed by atoms with Crippen molar-refractivity contribution in [3.8, 4) is 0 Å². The van der Waals surface area contributed by atoms with Crippen LogP contribution in [-0.4, -0.2) is 50.4 Å². The number of aliphatic imine (C=N–C) groups is 1. The Hall–Kier alpha value is -0.260. The number of nitrogens with zero attached hydrogens (tertiary/aromatic N) is 1. The van der Waals surface area contributed by atoms with Crippen molar-refractivity contribution >= 4 is 16.9 Å². The van der Waals surface area contributed by atoms with Crippen LogP contribution in [-0.2, 0) is 9.47 Å². The van der Waals surface area contributed by atoms with Gasteiger partial charge in [-0.3, -0.25) is 4.99 Å². The molecular weight excluding hydrogens is 248 g/mol. The maximum absolute atomic E-state index is 5.41. The number of thioether (sulfide) groups is 1. The van der Waals surface area contributed by atoms with Gasteiger partial charge in [0.15, 0.2) is 5.17 Å². The van der Waals surface area contributed by atoms with Gasteiger partial charge in [-0.15, -0.1) is 0 Å². The average molecular weight is 274 g/mol. The number of methoxy groups -OCH3 is 1. The van der Waals surface area contributed by atoms with Crippen LogP contribution >= 0.6 is 11.8 Å². The fraction of sp³-hybridized carbons (Fsp3) is 0.923. The Bertz CT molecular complexity index is 237.